The molecule has 0 radical (unpaired) electrons. The molecule has 0 aliphatic carbocycles. The maximum absolute atomic E-state index is 12.4. The van der Waals surface area contributed by atoms with Crippen LogP contribution in [0.4, 0.5) is 5.69 Å². The molecule has 0 saturated carbocycles. The van der Waals surface area contributed by atoms with Crippen LogP contribution < -0.4 is 15.8 Å². The smallest absolute Gasteiger partial charge is 0.285 e. The van der Waals surface area contributed by atoms with Gasteiger partial charge in [-0.15, -0.1) is 4.40 Å². The van der Waals surface area contributed by atoms with E-state index in [1.165, 1.54) is 6.07 Å². The second-order valence-electron chi connectivity index (χ2n) is 6.27. The van der Waals surface area contributed by atoms with Crippen LogP contribution in [0, 0.1) is 5.92 Å². The van der Waals surface area contributed by atoms with Crippen molar-refractivity contribution in [3.05, 3.63) is 60.2 Å². The maximum Gasteiger partial charge on any atom is 0.285 e. The predicted molar refractivity (Wildman–Crippen MR) is 98.3 cm³/mol. The van der Waals surface area contributed by atoms with E-state index in [0.29, 0.717) is 5.56 Å². The highest BCUT2D eigenvalue weighted by molar-refractivity contribution is 7.90. The van der Waals surface area contributed by atoms with Gasteiger partial charge in [-0.1, -0.05) is 30.3 Å². The molecule has 4 rings (SSSR count). The molecule has 2 aliphatic rings. The molecule has 2 amide bonds. The third-order valence-corrected chi connectivity index (χ3v) is 5.83. The number of benzene rings is 2. The molecule has 2 N–H and O–H groups in total. The first-order chi connectivity index (χ1) is 13.0. The monoisotopic (exact) mass is 384 g/mol. The van der Waals surface area contributed by atoms with Crippen molar-refractivity contribution in [2.75, 3.05) is 11.4 Å². The zero-order valence-electron chi connectivity index (χ0n) is 14.1. The van der Waals surface area contributed by atoms with Gasteiger partial charge in [0.2, 0.25) is 11.8 Å². The van der Waals surface area contributed by atoms with Gasteiger partial charge in [0, 0.05) is 24.2 Å². The fourth-order valence-electron chi connectivity index (χ4n) is 3.16. The summed E-state index contributed by atoms with van der Waals surface area (Å²) >= 11 is 0. The van der Waals surface area contributed by atoms with Gasteiger partial charge in [-0.05, 0) is 24.3 Å². The Kier molecular flexibility index (Phi) is 4.15. The number of carbonyl (C=O) groups excluding carboxylic acids is 2. The summed E-state index contributed by atoms with van der Waals surface area (Å²) in [5.74, 6) is -1.01. The minimum atomic E-state index is -3.76. The lowest BCUT2D eigenvalue weighted by molar-refractivity contribution is -0.126. The quantitative estimate of drug-likeness (QED) is 0.745. The van der Waals surface area contributed by atoms with Crippen LogP contribution in [0.2, 0.25) is 0 Å². The molecular weight excluding hydrogens is 368 g/mol. The summed E-state index contributed by atoms with van der Waals surface area (Å²) in [7, 11) is -3.76. The van der Waals surface area contributed by atoms with Crippen molar-refractivity contribution in [2.24, 2.45) is 10.3 Å². The summed E-state index contributed by atoms with van der Waals surface area (Å²) in [4.78, 5) is 26.3. The molecular formula is C18H16N4O4S. The van der Waals surface area contributed by atoms with Crippen LogP contribution >= 0.6 is 0 Å². The summed E-state index contributed by atoms with van der Waals surface area (Å²) < 4.78 is 27.7. The van der Waals surface area contributed by atoms with Crippen LogP contribution in [0.25, 0.3) is 0 Å². The molecule has 0 spiro atoms. The highest BCUT2D eigenvalue weighted by Crippen LogP contribution is 2.26. The van der Waals surface area contributed by atoms with E-state index in [4.69, 9.17) is 0 Å². The van der Waals surface area contributed by atoms with Crippen molar-refractivity contribution in [1.29, 1.82) is 0 Å². The Morgan fingerprint density at radius 2 is 1.78 bits per heavy atom. The molecule has 2 aromatic rings. The summed E-state index contributed by atoms with van der Waals surface area (Å²) in [6, 6.07) is 15.5. The standard InChI is InChI=1S/C18H16N4O4S/c23-16-10-12(11-22(16)13-6-2-1-3-7-13)18(24)20-19-17-14-8-4-5-9-15(14)27(25,26)21-17/h1-9,12H,10-11H2,(H,19,21)(H,20,24)/t12-/m1/s1. The number of anilines is 1. The molecule has 2 aliphatic heterocycles. The molecule has 9 heteroatoms. The first-order valence-corrected chi connectivity index (χ1v) is 9.75. The van der Waals surface area contributed by atoms with E-state index < -0.39 is 21.8 Å². The normalized spacial score (nSPS) is 20.1. The first-order valence-electron chi connectivity index (χ1n) is 8.31. The number of nitrogens with zero attached hydrogens (tertiary/aromatic N) is 2. The lowest BCUT2D eigenvalue weighted by Gasteiger charge is -2.16. The van der Waals surface area contributed by atoms with Gasteiger partial charge in [0.15, 0.2) is 5.84 Å². The van der Waals surface area contributed by atoms with E-state index in [0.717, 1.165) is 5.69 Å². The minimum Gasteiger partial charge on any atom is -0.312 e. The van der Waals surface area contributed by atoms with Crippen LogP contribution in [-0.2, 0) is 19.6 Å². The van der Waals surface area contributed by atoms with Gasteiger partial charge in [0.25, 0.3) is 10.0 Å². The molecule has 8 nitrogen and oxygen atoms in total. The number of hydrogen-bond acceptors (Lipinski definition) is 5. The zero-order valence-corrected chi connectivity index (χ0v) is 14.9. The number of amidine groups is 1. The first kappa shape index (κ1) is 17.2. The highest BCUT2D eigenvalue weighted by Gasteiger charge is 2.35. The molecule has 1 saturated heterocycles. The van der Waals surface area contributed by atoms with Crippen molar-refractivity contribution in [3.8, 4) is 0 Å². The minimum absolute atomic E-state index is 0.0585. The average Bonchev–Trinajstić information content (AvgIpc) is 3.18. The number of fused-ring (bicyclic) bond motifs is 1. The van der Waals surface area contributed by atoms with Crippen LogP contribution in [0.5, 0.6) is 0 Å². The van der Waals surface area contributed by atoms with E-state index in [1.54, 1.807) is 23.1 Å². The summed E-state index contributed by atoms with van der Waals surface area (Å²) in [6.07, 6.45) is 0.0871. The number of amides is 2. The van der Waals surface area contributed by atoms with Crippen LogP contribution in [0.3, 0.4) is 0 Å². The fourth-order valence-corrected chi connectivity index (χ4v) is 4.34. The van der Waals surface area contributed by atoms with Gasteiger partial charge in [0.1, 0.15) is 4.90 Å². The topological polar surface area (TPSA) is 108 Å². The molecule has 0 bridgehead atoms. The molecule has 138 valence electrons. The van der Waals surface area contributed by atoms with Gasteiger partial charge in [0.05, 0.1) is 5.92 Å². The number of sulfonamides is 1. The van der Waals surface area contributed by atoms with E-state index in [2.05, 4.69) is 15.2 Å². The van der Waals surface area contributed by atoms with Crippen LogP contribution in [0.1, 0.15) is 12.0 Å². The molecule has 1 fully saturated rings. The largest absolute Gasteiger partial charge is 0.312 e. The Hall–Kier alpha value is -3.20. The van der Waals surface area contributed by atoms with Gasteiger partial charge in [-0.2, -0.15) is 8.42 Å². The molecule has 27 heavy (non-hydrogen) atoms. The second kappa shape index (κ2) is 6.51. The zero-order chi connectivity index (χ0) is 19.0. The van der Waals surface area contributed by atoms with Gasteiger partial charge >= 0.3 is 0 Å². The summed E-state index contributed by atoms with van der Waals surface area (Å²) in [6.45, 7) is 0.262. The van der Waals surface area contributed by atoms with Gasteiger partial charge in [-0.25, -0.2) is 0 Å². The highest BCUT2D eigenvalue weighted by atomic mass is 32.2. The van der Waals surface area contributed by atoms with E-state index in [1.807, 2.05) is 30.3 Å². The number of hydrazine groups is 1. The maximum atomic E-state index is 12.4. The lowest BCUT2D eigenvalue weighted by Crippen LogP contribution is -2.45. The van der Waals surface area contributed by atoms with Gasteiger partial charge < -0.3 is 4.90 Å². The number of hydrogen-bond donors (Lipinski definition) is 2. The Labute approximate surface area is 155 Å². The Balaban J connectivity index is 1.43. The number of nitrogens with one attached hydrogen (secondary N) is 2. The van der Waals surface area contributed by atoms with E-state index in [9.17, 15) is 18.0 Å². The van der Waals surface area contributed by atoms with Crippen molar-refractivity contribution < 1.29 is 18.0 Å². The SMILES string of the molecule is O=C(NNC1=NS(=O)(=O)c2ccccc21)[C@@H]1CC(=O)N(c2ccccc2)C1. The van der Waals surface area contributed by atoms with Crippen molar-refractivity contribution in [1.82, 2.24) is 10.9 Å². The number of rotatable bonds is 2. The van der Waals surface area contributed by atoms with E-state index in [-0.39, 0.29) is 29.6 Å². The molecule has 0 aromatic heterocycles. The predicted octanol–water partition coefficient (Wildman–Crippen LogP) is 0.809. The lowest BCUT2D eigenvalue weighted by atomic mass is 10.1. The van der Waals surface area contributed by atoms with Crippen molar-refractivity contribution in [2.45, 2.75) is 11.3 Å². The summed E-state index contributed by atoms with van der Waals surface area (Å²) in [5.41, 5.74) is 6.19. The van der Waals surface area contributed by atoms with Gasteiger partial charge in [-0.3, -0.25) is 20.4 Å². The molecule has 0 unspecified atom stereocenters. The number of para-hydroxylation sites is 1. The second-order valence-corrected chi connectivity index (χ2v) is 7.84. The number of carbonyl (C=O) groups is 2. The third kappa shape index (κ3) is 3.17. The Morgan fingerprint density at radius 3 is 2.56 bits per heavy atom. The molecule has 2 aromatic carbocycles. The van der Waals surface area contributed by atoms with Crippen LogP contribution in [0.15, 0.2) is 63.9 Å². The summed E-state index contributed by atoms with van der Waals surface area (Å²) in [5, 5.41) is 0. The Morgan fingerprint density at radius 1 is 1.07 bits per heavy atom. The average molecular weight is 384 g/mol. The van der Waals surface area contributed by atoms with Crippen LogP contribution in [-0.4, -0.2) is 32.6 Å². The third-order valence-electron chi connectivity index (χ3n) is 4.50. The Bertz CT molecular complexity index is 1050. The fraction of sp³-hybridized carbons (Fsp3) is 0.167. The van der Waals surface area contributed by atoms with E-state index >= 15 is 0 Å². The van der Waals surface area contributed by atoms with Crippen molar-refractivity contribution in [3.63, 3.8) is 0 Å². The molecule has 2 heterocycles. The van der Waals surface area contributed by atoms with Crippen molar-refractivity contribution >= 4 is 33.4 Å². The molecule has 1 atom stereocenters.